The van der Waals surface area contributed by atoms with Crippen LogP contribution in [0.5, 0.6) is 0 Å². The normalized spacial score (nSPS) is 18.9. The van der Waals surface area contributed by atoms with Gasteiger partial charge in [0.05, 0.1) is 6.10 Å². The lowest BCUT2D eigenvalue weighted by molar-refractivity contribution is 0.0389. The predicted molar refractivity (Wildman–Crippen MR) is 60.5 cm³/mol. The topological polar surface area (TPSA) is 21.3 Å². The smallest absolute Gasteiger partial charge is 0.0699 e. The zero-order valence-electron chi connectivity index (χ0n) is 9.88. The minimum Gasteiger partial charge on any atom is -0.377 e. The quantitative estimate of drug-likeness (QED) is 0.649. The first-order valence-electron chi connectivity index (χ1n) is 6.07. The zero-order valence-corrected chi connectivity index (χ0v) is 9.88. The molecule has 1 unspecified atom stereocenters. The lowest BCUT2D eigenvalue weighted by atomic mass is 10.2. The number of hydrogen-bond donors (Lipinski definition) is 1. The van der Waals surface area contributed by atoms with Gasteiger partial charge in [-0.2, -0.15) is 0 Å². The highest BCUT2D eigenvalue weighted by molar-refractivity contribution is 4.73. The average molecular weight is 199 g/mol. The third kappa shape index (κ3) is 5.61. The van der Waals surface area contributed by atoms with Crippen LogP contribution in [-0.2, 0) is 4.74 Å². The molecule has 1 N–H and O–H groups in total. The van der Waals surface area contributed by atoms with Gasteiger partial charge in [-0.25, -0.2) is 0 Å². The lowest BCUT2D eigenvalue weighted by Gasteiger charge is -2.19. The summed E-state index contributed by atoms with van der Waals surface area (Å²) < 4.78 is 5.89. The van der Waals surface area contributed by atoms with Crippen molar-refractivity contribution in [1.82, 2.24) is 5.32 Å². The van der Waals surface area contributed by atoms with Gasteiger partial charge >= 0.3 is 0 Å². The van der Waals surface area contributed by atoms with E-state index < -0.39 is 0 Å². The van der Waals surface area contributed by atoms with Gasteiger partial charge in [0, 0.05) is 19.2 Å². The molecule has 0 aromatic heterocycles. The molecule has 2 heteroatoms. The van der Waals surface area contributed by atoms with E-state index in [9.17, 15) is 0 Å². The largest absolute Gasteiger partial charge is 0.377 e. The first-order valence-corrected chi connectivity index (χ1v) is 6.07. The third-order valence-corrected chi connectivity index (χ3v) is 2.63. The molecule has 1 fully saturated rings. The molecule has 2 nitrogen and oxygen atoms in total. The van der Waals surface area contributed by atoms with Crippen LogP contribution in [-0.4, -0.2) is 25.3 Å². The Morgan fingerprint density at radius 2 is 2.07 bits per heavy atom. The van der Waals surface area contributed by atoms with Crippen LogP contribution < -0.4 is 5.32 Å². The second kappa shape index (κ2) is 6.41. The van der Waals surface area contributed by atoms with E-state index in [0.717, 1.165) is 19.1 Å². The van der Waals surface area contributed by atoms with E-state index in [-0.39, 0.29) is 0 Å². The van der Waals surface area contributed by atoms with Gasteiger partial charge in [-0.3, -0.25) is 0 Å². The van der Waals surface area contributed by atoms with E-state index in [1.807, 2.05) is 0 Å². The van der Waals surface area contributed by atoms with Crippen molar-refractivity contribution >= 4 is 0 Å². The van der Waals surface area contributed by atoms with Crippen LogP contribution in [0.15, 0.2) is 0 Å². The average Bonchev–Trinajstić information content (AvgIpc) is 2.93. The van der Waals surface area contributed by atoms with Gasteiger partial charge in [0.1, 0.15) is 0 Å². The highest BCUT2D eigenvalue weighted by Gasteiger charge is 2.22. The first-order chi connectivity index (χ1) is 6.72. The molecule has 1 aliphatic rings. The second-order valence-electron chi connectivity index (χ2n) is 4.75. The maximum Gasteiger partial charge on any atom is 0.0699 e. The highest BCUT2D eigenvalue weighted by Crippen LogP contribution is 2.29. The molecule has 0 aromatic rings. The summed E-state index contributed by atoms with van der Waals surface area (Å²) in [6.45, 7) is 8.60. The molecule has 84 valence electrons. The van der Waals surface area contributed by atoms with Gasteiger partial charge in [0.25, 0.3) is 0 Å². The Kier molecular flexibility index (Phi) is 5.49. The SMILES string of the molecule is CCCC(CNC(C)C)OCC1CC1. The van der Waals surface area contributed by atoms with E-state index in [4.69, 9.17) is 4.74 Å². The molecule has 1 saturated carbocycles. The van der Waals surface area contributed by atoms with Crippen molar-refractivity contribution < 1.29 is 4.74 Å². The maximum atomic E-state index is 5.89. The second-order valence-corrected chi connectivity index (χ2v) is 4.75. The molecular formula is C12H25NO. The van der Waals surface area contributed by atoms with Gasteiger partial charge < -0.3 is 10.1 Å². The molecule has 1 rings (SSSR count). The molecule has 0 spiro atoms. The minimum atomic E-state index is 0.433. The van der Waals surface area contributed by atoms with Gasteiger partial charge in [0.15, 0.2) is 0 Å². The van der Waals surface area contributed by atoms with Gasteiger partial charge in [-0.15, -0.1) is 0 Å². The molecule has 1 aliphatic carbocycles. The zero-order chi connectivity index (χ0) is 10.4. The van der Waals surface area contributed by atoms with Crippen molar-refractivity contribution in [1.29, 1.82) is 0 Å². The van der Waals surface area contributed by atoms with Crippen LogP contribution in [0.25, 0.3) is 0 Å². The number of ether oxygens (including phenoxy) is 1. The fraction of sp³-hybridized carbons (Fsp3) is 1.00. The van der Waals surface area contributed by atoms with Crippen LogP contribution >= 0.6 is 0 Å². The van der Waals surface area contributed by atoms with Crippen LogP contribution in [0.3, 0.4) is 0 Å². The Bertz CT molecular complexity index is 137. The molecule has 0 amide bonds. The summed E-state index contributed by atoms with van der Waals surface area (Å²) in [5.41, 5.74) is 0. The fourth-order valence-corrected chi connectivity index (χ4v) is 1.49. The summed E-state index contributed by atoms with van der Waals surface area (Å²) in [5.74, 6) is 0.883. The number of nitrogens with one attached hydrogen (secondary N) is 1. The third-order valence-electron chi connectivity index (χ3n) is 2.63. The monoisotopic (exact) mass is 199 g/mol. The van der Waals surface area contributed by atoms with Gasteiger partial charge in [-0.1, -0.05) is 27.2 Å². The molecule has 0 radical (unpaired) electrons. The van der Waals surface area contributed by atoms with E-state index in [1.165, 1.54) is 25.7 Å². The minimum absolute atomic E-state index is 0.433. The summed E-state index contributed by atoms with van der Waals surface area (Å²) >= 11 is 0. The van der Waals surface area contributed by atoms with Crippen molar-refractivity contribution in [3.63, 3.8) is 0 Å². The number of rotatable bonds is 8. The lowest BCUT2D eigenvalue weighted by Crippen LogP contribution is -2.33. The Hall–Kier alpha value is -0.0800. The van der Waals surface area contributed by atoms with Gasteiger partial charge in [0.2, 0.25) is 0 Å². The van der Waals surface area contributed by atoms with Crippen molar-refractivity contribution in [2.75, 3.05) is 13.2 Å². The summed E-state index contributed by atoms with van der Waals surface area (Å²) in [4.78, 5) is 0. The van der Waals surface area contributed by atoms with Gasteiger partial charge in [-0.05, 0) is 25.2 Å². The van der Waals surface area contributed by atoms with E-state index >= 15 is 0 Å². The molecule has 0 saturated heterocycles. The Labute approximate surface area is 88.4 Å². The maximum absolute atomic E-state index is 5.89. The van der Waals surface area contributed by atoms with E-state index in [1.54, 1.807) is 0 Å². The van der Waals surface area contributed by atoms with Crippen molar-refractivity contribution in [2.45, 2.75) is 58.6 Å². The van der Waals surface area contributed by atoms with Crippen molar-refractivity contribution in [2.24, 2.45) is 5.92 Å². The molecule has 0 aliphatic heterocycles. The summed E-state index contributed by atoms with van der Waals surface area (Å²) in [6, 6.07) is 0.568. The molecule has 0 aromatic carbocycles. The predicted octanol–water partition coefficient (Wildman–Crippen LogP) is 2.58. The summed E-state index contributed by atoms with van der Waals surface area (Å²) in [7, 11) is 0. The standard InChI is InChI=1S/C12H25NO/c1-4-5-12(8-13-10(2)3)14-9-11-6-7-11/h10-13H,4-9H2,1-3H3. The Morgan fingerprint density at radius 1 is 1.36 bits per heavy atom. The molecule has 14 heavy (non-hydrogen) atoms. The van der Waals surface area contributed by atoms with E-state index in [0.29, 0.717) is 12.1 Å². The van der Waals surface area contributed by atoms with Crippen molar-refractivity contribution in [3.8, 4) is 0 Å². The molecule has 0 bridgehead atoms. The summed E-state index contributed by atoms with van der Waals surface area (Å²) in [6.07, 6.45) is 5.61. The summed E-state index contributed by atoms with van der Waals surface area (Å²) in [5, 5.41) is 3.45. The fourth-order valence-electron chi connectivity index (χ4n) is 1.49. The Morgan fingerprint density at radius 3 is 2.57 bits per heavy atom. The van der Waals surface area contributed by atoms with Crippen LogP contribution in [0.1, 0.15) is 46.5 Å². The van der Waals surface area contributed by atoms with Crippen LogP contribution in [0.2, 0.25) is 0 Å². The Balaban J connectivity index is 2.08. The first kappa shape index (κ1) is 12.0. The molecule has 1 atom stereocenters. The molecule has 0 heterocycles. The van der Waals surface area contributed by atoms with E-state index in [2.05, 4.69) is 26.1 Å². The number of hydrogen-bond acceptors (Lipinski definition) is 2. The molecular weight excluding hydrogens is 174 g/mol. The van der Waals surface area contributed by atoms with Crippen LogP contribution in [0.4, 0.5) is 0 Å². The van der Waals surface area contributed by atoms with Crippen LogP contribution in [0, 0.1) is 5.92 Å². The van der Waals surface area contributed by atoms with Crippen molar-refractivity contribution in [3.05, 3.63) is 0 Å². The highest BCUT2D eigenvalue weighted by atomic mass is 16.5.